The summed E-state index contributed by atoms with van der Waals surface area (Å²) in [5, 5.41) is 1.12. The van der Waals surface area contributed by atoms with Crippen LogP contribution < -0.4 is 9.47 Å². The molecule has 2 aromatic carbocycles. The Morgan fingerprint density at radius 3 is 2.81 bits per heavy atom. The molecule has 3 rings (SSSR count). The molecule has 1 amide bonds. The summed E-state index contributed by atoms with van der Waals surface area (Å²) in [5.41, 5.74) is 1.15. The Bertz CT molecular complexity index is 755. The van der Waals surface area contributed by atoms with Gasteiger partial charge in [-0.1, -0.05) is 35.9 Å². The van der Waals surface area contributed by atoms with Crippen LogP contribution in [0.1, 0.15) is 17.2 Å². The predicted molar refractivity (Wildman–Crippen MR) is 106 cm³/mol. The van der Waals surface area contributed by atoms with Crippen LogP contribution in [-0.4, -0.2) is 43.4 Å². The second kappa shape index (κ2) is 9.19. The topological polar surface area (TPSA) is 38.8 Å². The molecule has 0 bridgehead atoms. The van der Waals surface area contributed by atoms with Gasteiger partial charge in [0.05, 0.1) is 7.11 Å². The smallest absolute Gasteiger partial charge is 0.260 e. The number of hydrogen-bond donors (Lipinski definition) is 0. The Morgan fingerprint density at radius 2 is 2.00 bits per heavy atom. The molecule has 0 aromatic heterocycles. The van der Waals surface area contributed by atoms with Crippen molar-refractivity contribution < 1.29 is 14.3 Å². The van der Waals surface area contributed by atoms with Crippen molar-refractivity contribution in [2.45, 2.75) is 11.7 Å². The third-order valence-corrected chi connectivity index (χ3v) is 6.00. The molecule has 1 fully saturated rings. The van der Waals surface area contributed by atoms with Crippen LogP contribution in [0.5, 0.6) is 11.5 Å². The Hall–Kier alpha value is -1.85. The molecular weight excluding hydrogens is 370 g/mol. The van der Waals surface area contributed by atoms with Crippen LogP contribution in [0.3, 0.4) is 0 Å². The normalized spacial score (nSPS) is 17.5. The first-order valence-corrected chi connectivity index (χ1v) is 10.0. The number of thioether (sulfide) groups is 1. The molecule has 1 aliphatic rings. The molecule has 1 saturated heterocycles. The average molecular weight is 392 g/mol. The van der Waals surface area contributed by atoms with Crippen molar-refractivity contribution in [3.8, 4) is 11.5 Å². The number of benzene rings is 2. The lowest BCUT2D eigenvalue weighted by atomic mass is 10.1. The Kier molecular flexibility index (Phi) is 6.69. The molecule has 4 nitrogen and oxygen atoms in total. The van der Waals surface area contributed by atoms with Gasteiger partial charge in [-0.2, -0.15) is 11.8 Å². The number of halogens is 1. The summed E-state index contributed by atoms with van der Waals surface area (Å²) in [7, 11) is 1.61. The van der Waals surface area contributed by atoms with Gasteiger partial charge in [-0.15, -0.1) is 0 Å². The van der Waals surface area contributed by atoms with Crippen molar-refractivity contribution in [1.29, 1.82) is 0 Å². The monoisotopic (exact) mass is 391 g/mol. The van der Waals surface area contributed by atoms with Crippen molar-refractivity contribution in [3.05, 3.63) is 59.1 Å². The van der Waals surface area contributed by atoms with Crippen LogP contribution in [0.15, 0.2) is 48.5 Å². The number of ether oxygens (including phenoxy) is 2. The molecule has 26 heavy (non-hydrogen) atoms. The SMILES string of the molecule is COc1cccc(OCC(=O)N2CCSC(c3ccccc3Cl)CC2)c1. The fourth-order valence-electron chi connectivity index (χ4n) is 2.93. The first-order chi connectivity index (χ1) is 12.7. The lowest BCUT2D eigenvalue weighted by Crippen LogP contribution is -2.36. The van der Waals surface area contributed by atoms with Gasteiger partial charge in [0.25, 0.3) is 5.91 Å². The van der Waals surface area contributed by atoms with Crippen molar-refractivity contribution in [2.75, 3.05) is 32.6 Å². The van der Waals surface area contributed by atoms with E-state index in [1.54, 1.807) is 13.2 Å². The van der Waals surface area contributed by atoms with Crippen LogP contribution in [-0.2, 0) is 4.79 Å². The fraction of sp³-hybridized carbons (Fsp3) is 0.350. The highest BCUT2D eigenvalue weighted by atomic mass is 35.5. The molecule has 0 saturated carbocycles. The second-order valence-corrected chi connectivity index (χ2v) is 7.74. The van der Waals surface area contributed by atoms with Gasteiger partial charge in [0.15, 0.2) is 6.61 Å². The lowest BCUT2D eigenvalue weighted by molar-refractivity contribution is -0.133. The second-order valence-electron chi connectivity index (χ2n) is 6.02. The number of rotatable bonds is 5. The highest BCUT2D eigenvalue weighted by Crippen LogP contribution is 2.37. The van der Waals surface area contributed by atoms with Crippen molar-refractivity contribution >= 4 is 29.3 Å². The third kappa shape index (κ3) is 4.86. The molecule has 2 aromatic rings. The van der Waals surface area contributed by atoms with E-state index < -0.39 is 0 Å². The van der Waals surface area contributed by atoms with Crippen molar-refractivity contribution in [2.24, 2.45) is 0 Å². The van der Waals surface area contributed by atoms with E-state index in [2.05, 4.69) is 6.07 Å². The van der Waals surface area contributed by atoms with E-state index in [1.807, 2.05) is 53.1 Å². The van der Waals surface area contributed by atoms with Crippen LogP contribution in [0.4, 0.5) is 0 Å². The quantitative estimate of drug-likeness (QED) is 0.755. The van der Waals surface area contributed by atoms with Gasteiger partial charge in [0.1, 0.15) is 11.5 Å². The average Bonchev–Trinajstić information content (AvgIpc) is 2.93. The minimum absolute atomic E-state index is 0.00762. The summed E-state index contributed by atoms with van der Waals surface area (Å²) in [4.78, 5) is 14.4. The zero-order chi connectivity index (χ0) is 18.4. The van der Waals surface area contributed by atoms with Gasteiger partial charge in [0, 0.05) is 35.2 Å². The van der Waals surface area contributed by atoms with Gasteiger partial charge in [-0.3, -0.25) is 4.79 Å². The first-order valence-electron chi connectivity index (χ1n) is 8.58. The first kappa shape index (κ1) is 18.9. The number of hydrogen-bond acceptors (Lipinski definition) is 4. The Balaban J connectivity index is 1.55. The van der Waals surface area contributed by atoms with Gasteiger partial charge in [-0.05, 0) is 30.2 Å². The Labute approximate surface area is 163 Å². The largest absolute Gasteiger partial charge is 0.497 e. The molecule has 1 unspecified atom stereocenters. The van der Waals surface area contributed by atoms with E-state index in [9.17, 15) is 4.79 Å². The molecule has 1 atom stereocenters. The predicted octanol–water partition coefficient (Wildman–Crippen LogP) is 4.43. The molecule has 0 radical (unpaired) electrons. The Morgan fingerprint density at radius 1 is 1.19 bits per heavy atom. The van der Waals surface area contributed by atoms with Gasteiger partial charge in [0.2, 0.25) is 0 Å². The molecular formula is C20H22ClNO3S. The molecule has 138 valence electrons. The summed E-state index contributed by atoms with van der Waals surface area (Å²) in [6.07, 6.45) is 0.888. The van der Waals surface area contributed by atoms with E-state index in [-0.39, 0.29) is 12.5 Å². The summed E-state index contributed by atoms with van der Waals surface area (Å²) in [5.74, 6) is 2.24. The zero-order valence-electron chi connectivity index (χ0n) is 14.7. The maximum Gasteiger partial charge on any atom is 0.260 e. The molecule has 0 aliphatic carbocycles. The van der Waals surface area contributed by atoms with Crippen LogP contribution in [0, 0.1) is 0 Å². The minimum atomic E-state index is 0.00762. The summed E-state index contributed by atoms with van der Waals surface area (Å²) in [6.45, 7) is 1.48. The molecule has 1 aliphatic heterocycles. The summed E-state index contributed by atoms with van der Waals surface area (Å²) in [6, 6.07) is 15.2. The summed E-state index contributed by atoms with van der Waals surface area (Å²) >= 11 is 8.18. The van der Waals surface area contributed by atoms with Crippen LogP contribution in [0.25, 0.3) is 0 Å². The number of nitrogens with zero attached hydrogens (tertiary/aromatic N) is 1. The maximum absolute atomic E-state index is 12.5. The standard InChI is InChI=1S/C20H22ClNO3S/c1-24-15-5-4-6-16(13-15)25-14-20(23)22-10-9-19(26-12-11-22)17-7-2-3-8-18(17)21/h2-8,13,19H,9-12,14H2,1H3. The third-order valence-electron chi connectivity index (χ3n) is 4.35. The summed E-state index contributed by atoms with van der Waals surface area (Å²) < 4.78 is 10.8. The number of carbonyl (C=O) groups excluding carboxylic acids is 1. The van der Waals surface area contributed by atoms with E-state index in [0.29, 0.717) is 23.3 Å². The molecule has 1 heterocycles. The molecule has 0 N–H and O–H groups in total. The highest BCUT2D eigenvalue weighted by molar-refractivity contribution is 7.99. The number of methoxy groups -OCH3 is 1. The van der Waals surface area contributed by atoms with E-state index in [1.165, 1.54) is 0 Å². The lowest BCUT2D eigenvalue weighted by Gasteiger charge is -2.20. The van der Waals surface area contributed by atoms with E-state index in [4.69, 9.17) is 21.1 Å². The van der Waals surface area contributed by atoms with Crippen molar-refractivity contribution in [1.82, 2.24) is 4.90 Å². The fourth-order valence-corrected chi connectivity index (χ4v) is 4.53. The highest BCUT2D eigenvalue weighted by Gasteiger charge is 2.23. The number of amides is 1. The van der Waals surface area contributed by atoms with Gasteiger partial charge in [-0.25, -0.2) is 0 Å². The van der Waals surface area contributed by atoms with Gasteiger partial charge >= 0.3 is 0 Å². The zero-order valence-corrected chi connectivity index (χ0v) is 16.3. The van der Waals surface area contributed by atoms with Crippen LogP contribution >= 0.6 is 23.4 Å². The van der Waals surface area contributed by atoms with E-state index >= 15 is 0 Å². The number of carbonyl (C=O) groups is 1. The van der Waals surface area contributed by atoms with E-state index in [0.717, 1.165) is 29.3 Å². The molecule has 6 heteroatoms. The van der Waals surface area contributed by atoms with Crippen molar-refractivity contribution in [3.63, 3.8) is 0 Å². The molecule has 0 spiro atoms. The maximum atomic E-state index is 12.5. The van der Waals surface area contributed by atoms with Crippen LogP contribution in [0.2, 0.25) is 5.02 Å². The van der Waals surface area contributed by atoms with Gasteiger partial charge < -0.3 is 14.4 Å². The minimum Gasteiger partial charge on any atom is -0.497 e.